The summed E-state index contributed by atoms with van der Waals surface area (Å²) in [5, 5.41) is 4.44. The average Bonchev–Trinajstić information content (AvgIpc) is 3.21. The average molecular weight is 428 g/mol. The molecular formula is C24H27Cl2N3. The van der Waals surface area contributed by atoms with E-state index in [0.717, 1.165) is 36.8 Å². The smallest absolute Gasteiger partial charge is 0.139 e. The van der Waals surface area contributed by atoms with Gasteiger partial charge < -0.3 is 9.88 Å². The van der Waals surface area contributed by atoms with Crippen LogP contribution in [0.2, 0.25) is 5.02 Å². The number of benzene rings is 2. The molecule has 152 valence electrons. The molecule has 5 heteroatoms. The Bertz CT molecular complexity index is 917. The standard InChI is InChI=1S/C24H26ClN3.ClH/c25-22-11-9-19(10-12-22)21-13-14-26-23(18-21)8-4-5-16-28-17-15-27-24(28)20-6-2-1-3-7-20;/h1-3,6-7,9-13,15,17,23,26H,4-5,8,14,16,18H2;1H. The number of imidazole rings is 1. The Morgan fingerprint density at radius 1 is 1.00 bits per heavy atom. The highest BCUT2D eigenvalue weighted by Gasteiger charge is 2.16. The second kappa shape index (κ2) is 10.6. The van der Waals surface area contributed by atoms with Crippen LogP contribution in [-0.2, 0) is 6.54 Å². The predicted molar refractivity (Wildman–Crippen MR) is 125 cm³/mol. The highest BCUT2D eigenvalue weighted by molar-refractivity contribution is 6.30. The Kier molecular flexibility index (Phi) is 7.93. The number of hydrogen-bond donors (Lipinski definition) is 1. The van der Waals surface area contributed by atoms with Crippen LogP contribution in [0.5, 0.6) is 0 Å². The minimum atomic E-state index is 0. The number of nitrogens with zero attached hydrogens (tertiary/aromatic N) is 2. The van der Waals surface area contributed by atoms with Crippen LogP contribution in [0, 0.1) is 0 Å². The maximum absolute atomic E-state index is 6.02. The monoisotopic (exact) mass is 427 g/mol. The lowest BCUT2D eigenvalue weighted by Gasteiger charge is -2.24. The molecule has 0 saturated heterocycles. The van der Waals surface area contributed by atoms with Gasteiger partial charge in [0.05, 0.1) is 0 Å². The molecule has 0 aliphatic carbocycles. The molecule has 1 atom stereocenters. The van der Waals surface area contributed by atoms with Crippen molar-refractivity contribution in [1.82, 2.24) is 14.9 Å². The first-order chi connectivity index (χ1) is 13.8. The maximum atomic E-state index is 6.02. The zero-order valence-corrected chi connectivity index (χ0v) is 18.0. The molecule has 0 fully saturated rings. The van der Waals surface area contributed by atoms with Gasteiger partial charge in [0.1, 0.15) is 5.82 Å². The third-order valence-electron chi connectivity index (χ3n) is 5.39. The summed E-state index contributed by atoms with van der Waals surface area (Å²) in [6.45, 7) is 1.96. The maximum Gasteiger partial charge on any atom is 0.139 e. The number of nitrogens with one attached hydrogen (secondary N) is 1. The van der Waals surface area contributed by atoms with Crippen LogP contribution < -0.4 is 5.32 Å². The normalized spacial score (nSPS) is 16.2. The van der Waals surface area contributed by atoms with Gasteiger partial charge in [-0.15, -0.1) is 12.4 Å². The molecule has 3 aromatic rings. The summed E-state index contributed by atoms with van der Waals surface area (Å²) in [5.74, 6) is 1.06. The van der Waals surface area contributed by atoms with Gasteiger partial charge in [-0.3, -0.25) is 0 Å². The molecular weight excluding hydrogens is 401 g/mol. The quantitative estimate of drug-likeness (QED) is 0.452. The van der Waals surface area contributed by atoms with E-state index in [0.29, 0.717) is 6.04 Å². The van der Waals surface area contributed by atoms with Gasteiger partial charge in [-0.2, -0.15) is 0 Å². The zero-order chi connectivity index (χ0) is 19.2. The van der Waals surface area contributed by atoms with E-state index >= 15 is 0 Å². The van der Waals surface area contributed by atoms with Gasteiger partial charge in [0, 0.05) is 42.1 Å². The van der Waals surface area contributed by atoms with Crippen molar-refractivity contribution in [2.45, 2.75) is 38.3 Å². The summed E-state index contributed by atoms with van der Waals surface area (Å²) < 4.78 is 2.27. The van der Waals surface area contributed by atoms with Crippen molar-refractivity contribution in [3.8, 4) is 11.4 Å². The summed E-state index contributed by atoms with van der Waals surface area (Å²) in [4.78, 5) is 4.54. The molecule has 29 heavy (non-hydrogen) atoms. The molecule has 2 aromatic carbocycles. The van der Waals surface area contributed by atoms with Crippen LogP contribution in [-0.4, -0.2) is 22.1 Å². The second-order valence-corrected chi connectivity index (χ2v) is 7.79. The molecule has 0 saturated carbocycles. The van der Waals surface area contributed by atoms with Crippen molar-refractivity contribution in [3.05, 3.63) is 83.7 Å². The summed E-state index contributed by atoms with van der Waals surface area (Å²) in [6, 6.07) is 19.2. The van der Waals surface area contributed by atoms with E-state index in [1.165, 1.54) is 29.5 Å². The summed E-state index contributed by atoms with van der Waals surface area (Å²) in [5.41, 5.74) is 3.90. The van der Waals surface area contributed by atoms with E-state index in [2.05, 4.69) is 63.5 Å². The molecule has 1 aliphatic heterocycles. The molecule has 0 spiro atoms. The number of halogens is 2. The van der Waals surface area contributed by atoms with Gasteiger partial charge in [0.2, 0.25) is 0 Å². The second-order valence-electron chi connectivity index (χ2n) is 7.35. The highest BCUT2D eigenvalue weighted by atomic mass is 35.5. The molecule has 0 radical (unpaired) electrons. The van der Waals surface area contributed by atoms with E-state index in [9.17, 15) is 0 Å². The van der Waals surface area contributed by atoms with Crippen LogP contribution in [0.4, 0.5) is 0 Å². The fourth-order valence-electron chi connectivity index (χ4n) is 3.88. The lowest BCUT2D eigenvalue weighted by molar-refractivity contribution is 0.465. The van der Waals surface area contributed by atoms with E-state index in [1.807, 2.05) is 24.4 Å². The topological polar surface area (TPSA) is 29.9 Å². The van der Waals surface area contributed by atoms with E-state index < -0.39 is 0 Å². The van der Waals surface area contributed by atoms with E-state index in [1.54, 1.807) is 0 Å². The minimum absolute atomic E-state index is 0. The molecule has 3 nitrogen and oxygen atoms in total. The van der Waals surface area contributed by atoms with Crippen molar-refractivity contribution < 1.29 is 0 Å². The fraction of sp³-hybridized carbons (Fsp3) is 0.292. The van der Waals surface area contributed by atoms with Crippen LogP contribution in [0.3, 0.4) is 0 Å². The first kappa shape index (κ1) is 21.6. The molecule has 1 unspecified atom stereocenters. The first-order valence-electron chi connectivity index (χ1n) is 10.0. The minimum Gasteiger partial charge on any atom is -0.331 e. The molecule has 1 aromatic heterocycles. The number of rotatable bonds is 7. The van der Waals surface area contributed by atoms with Gasteiger partial charge in [0.25, 0.3) is 0 Å². The van der Waals surface area contributed by atoms with Crippen molar-refractivity contribution in [2.75, 3.05) is 6.54 Å². The van der Waals surface area contributed by atoms with Crippen LogP contribution in [0.25, 0.3) is 17.0 Å². The van der Waals surface area contributed by atoms with Crippen molar-refractivity contribution in [1.29, 1.82) is 0 Å². The van der Waals surface area contributed by atoms with Crippen LogP contribution in [0.15, 0.2) is 73.1 Å². The Morgan fingerprint density at radius 2 is 1.79 bits per heavy atom. The molecule has 1 aliphatic rings. The zero-order valence-electron chi connectivity index (χ0n) is 16.4. The molecule has 0 bridgehead atoms. The Morgan fingerprint density at radius 3 is 2.59 bits per heavy atom. The lowest BCUT2D eigenvalue weighted by Crippen LogP contribution is -2.32. The van der Waals surface area contributed by atoms with Crippen LogP contribution >= 0.6 is 24.0 Å². The molecule has 2 heterocycles. The Balaban J connectivity index is 0.00000240. The number of aromatic nitrogens is 2. The molecule has 0 amide bonds. The largest absolute Gasteiger partial charge is 0.331 e. The van der Waals surface area contributed by atoms with Gasteiger partial charge in [-0.25, -0.2) is 4.98 Å². The SMILES string of the molecule is Cl.Clc1ccc(C2=CCNC(CCCCn3ccnc3-c3ccccc3)C2)cc1. The third-order valence-corrected chi connectivity index (χ3v) is 5.64. The Hall–Kier alpha value is -2.07. The number of hydrogen-bond acceptors (Lipinski definition) is 2. The Labute approximate surface area is 184 Å². The third kappa shape index (κ3) is 5.72. The first-order valence-corrected chi connectivity index (χ1v) is 10.4. The number of aryl methyl sites for hydroxylation is 1. The van der Waals surface area contributed by atoms with E-state index in [-0.39, 0.29) is 12.4 Å². The lowest BCUT2D eigenvalue weighted by atomic mass is 9.93. The van der Waals surface area contributed by atoms with Crippen molar-refractivity contribution in [3.63, 3.8) is 0 Å². The number of unbranched alkanes of at least 4 members (excludes halogenated alkanes) is 1. The summed E-state index contributed by atoms with van der Waals surface area (Å²) in [6.07, 6.45) is 10.9. The predicted octanol–water partition coefficient (Wildman–Crippen LogP) is 6.24. The van der Waals surface area contributed by atoms with E-state index in [4.69, 9.17) is 11.6 Å². The van der Waals surface area contributed by atoms with Gasteiger partial charge in [0.15, 0.2) is 0 Å². The molecule has 4 rings (SSSR count). The van der Waals surface area contributed by atoms with Gasteiger partial charge >= 0.3 is 0 Å². The fourth-order valence-corrected chi connectivity index (χ4v) is 4.01. The summed E-state index contributed by atoms with van der Waals surface area (Å²) in [7, 11) is 0. The highest BCUT2D eigenvalue weighted by Crippen LogP contribution is 2.26. The van der Waals surface area contributed by atoms with Gasteiger partial charge in [-0.05, 0) is 42.5 Å². The van der Waals surface area contributed by atoms with Crippen LogP contribution in [0.1, 0.15) is 31.2 Å². The van der Waals surface area contributed by atoms with Crippen molar-refractivity contribution in [2.24, 2.45) is 0 Å². The van der Waals surface area contributed by atoms with Crippen molar-refractivity contribution >= 4 is 29.6 Å². The summed E-state index contributed by atoms with van der Waals surface area (Å²) >= 11 is 6.02. The molecule has 1 N–H and O–H groups in total. The van der Waals surface area contributed by atoms with Gasteiger partial charge in [-0.1, -0.05) is 66.6 Å².